The Morgan fingerprint density at radius 2 is 1.25 bits per heavy atom. The van der Waals surface area contributed by atoms with Crippen molar-refractivity contribution in [3.8, 4) is 11.1 Å². The Kier molecular flexibility index (Phi) is 3.36. The maximum Gasteiger partial charge on any atom is 0.312 e. The highest BCUT2D eigenvalue weighted by atomic mass is 32.5. The molecule has 0 aliphatic carbocycles. The van der Waals surface area contributed by atoms with Crippen LogP contribution in [0, 0.1) is 0 Å². The molecule has 0 radical (unpaired) electrons. The van der Waals surface area contributed by atoms with E-state index in [4.69, 9.17) is 0 Å². The monoisotopic (exact) mass is 359 g/mol. The van der Waals surface area contributed by atoms with Gasteiger partial charge >= 0.3 is 10.2 Å². The van der Waals surface area contributed by atoms with E-state index >= 15 is 0 Å². The first kappa shape index (κ1) is 16.6. The van der Waals surface area contributed by atoms with Crippen LogP contribution in [0.5, 0.6) is 0 Å². The molecule has 1 nitrogen and oxygen atoms in total. The van der Waals surface area contributed by atoms with Crippen molar-refractivity contribution in [1.29, 1.82) is 0 Å². The summed E-state index contributed by atoms with van der Waals surface area (Å²) in [5, 5.41) is 0. The van der Waals surface area contributed by atoms with Crippen molar-refractivity contribution in [2.75, 3.05) is 0 Å². The lowest BCUT2D eigenvalue weighted by Crippen LogP contribution is -2.06. The zero-order valence-electron chi connectivity index (χ0n) is 12.4. The smallest absolute Gasteiger partial charge is 0.312 e. The summed E-state index contributed by atoms with van der Waals surface area (Å²) in [6, 6.07) is 16.1. The largest absolute Gasteiger partial charge is 0.348 e. The number of halogens is 5. The minimum atomic E-state index is -9.80. The zero-order valence-corrected chi connectivity index (χ0v) is 13.2. The Morgan fingerprint density at radius 3 is 1.79 bits per heavy atom. The normalized spacial score (nSPS) is 14.9. The van der Waals surface area contributed by atoms with Gasteiger partial charge in [0, 0.05) is 24.5 Å². The molecule has 0 fully saturated rings. The molecule has 0 spiro atoms. The van der Waals surface area contributed by atoms with Crippen molar-refractivity contribution in [2.45, 2.75) is 11.4 Å². The van der Waals surface area contributed by atoms with Crippen LogP contribution in [0.3, 0.4) is 0 Å². The van der Waals surface area contributed by atoms with Crippen molar-refractivity contribution >= 4 is 10.2 Å². The lowest BCUT2D eigenvalue weighted by atomic mass is 10.1. The highest BCUT2D eigenvalue weighted by molar-refractivity contribution is 8.45. The van der Waals surface area contributed by atoms with Gasteiger partial charge in [-0.1, -0.05) is 80.1 Å². The van der Waals surface area contributed by atoms with E-state index in [0.717, 1.165) is 16.3 Å². The number of rotatable bonds is 4. The van der Waals surface area contributed by atoms with Gasteiger partial charge in [-0.2, -0.15) is 0 Å². The lowest BCUT2D eigenvalue weighted by Gasteiger charge is -2.40. The SMILES string of the molecule is FS(F)(F)(F)(F)c1cn(Cc2ccccc2)cc1-c1ccccc1. The van der Waals surface area contributed by atoms with Crippen molar-refractivity contribution in [1.82, 2.24) is 4.57 Å². The van der Waals surface area contributed by atoms with E-state index in [0.29, 0.717) is 6.20 Å². The van der Waals surface area contributed by atoms with Crippen LogP contribution in [0.2, 0.25) is 0 Å². The Balaban J connectivity index is 2.14. The number of benzene rings is 2. The maximum absolute atomic E-state index is 13.4. The molecule has 24 heavy (non-hydrogen) atoms. The summed E-state index contributed by atoms with van der Waals surface area (Å²) in [5.41, 5.74) is 0.319. The fourth-order valence-electron chi connectivity index (χ4n) is 2.51. The first-order chi connectivity index (χ1) is 11.0. The summed E-state index contributed by atoms with van der Waals surface area (Å²) >= 11 is 0. The fourth-order valence-corrected chi connectivity index (χ4v) is 3.44. The molecule has 1 heterocycles. The van der Waals surface area contributed by atoms with Crippen LogP contribution in [-0.4, -0.2) is 4.57 Å². The summed E-state index contributed by atoms with van der Waals surface area (Å²) in [6.45, 7) is 0.0779. The van der Waals surface area contributed by atoms with E-state index in [-0.39, 0.29) is 12.1 Å². The topological polar surface area (TPSA) is 4.93 Å². The average molecular weight is 359 g/mol. The minimum Gasteiger partial charge on any atom is -0.348 e. The Labute approximate surface area is 136 Å². The Hall–Kier alpha value is -2.28. The molecular weight excluding hydrogens is 345 g/mol. The molecule has 3 aromatic rings. The maximum atomic E-state index is 13.4. The summed E-state index contributed by atoms with van der Waals surface area (Å²) in [5.74, 6) is 0. The fraction of sp³-hybridized carbons (Fsp3) is 0.0588. The molecule has 0 aliphatic heterocycles. The van der Waals surface area contributed by atoms with Crippen molar-refractivity contribution < 1.29 is 19.4 Å². The van der Waals surface area contributed by atoms with Crippen LogP contribution < -0.4 is 0 Å². The second-order valence-corrected chi connectivity index (χ2v) is 7.91. The van der Waals surface area contributed by atoms with Crippen LogP contribution >= 0.6 is 10.2 Å². The van der Waals surface area contributed by atoms with Crippen LogP contribution in [0.1, 0.15) is 5.56 Å². The Bertz CT molecular complexity index is 855. The average Bonchev–Trinajstić information content (AvgIpc) is 2.93. The van der Waals surface area contributed by atoms with Gasteiger partial charge < -0.3 is 4.57 Å². The van der Waals surface area contributed by atoms with E-state index in [9.17, 15) is 19.4 Å². The van der Waals surface area contributed by atoms with E-state index < -0.39 is 20.7 Å². The van der Waals surface area contributed by atoms with Gasteiger partial charge in [-0.05, 0) is 11.1 Å². The molecule has 7 heteroatoms. The molecule has 0 unspecified atom stereocenters. The number of hydrogen-bond donors (Lipinski definition) is 0. The third-order valence-corrected chi connectivity index (χ3v) is 4.71. The predicted molar refractivity (Wildman–Crippen MR) is 86.8 cm³/mol. The molecule has 3 rings (SSSR count). The highest BCUT2D eigenvalue weighted by Crippen LogP contribution is 3.02. The summed E-state index contributed by atoms with van der Waals surface area (Å²) in [7, 11) is -9.80. The predicted octanol–water partition coefficient (Wildman–Crippen LogP) is 6.86. The molecule has 2 aromatic carbocycles. The van der Waals surface area contributed by atoms with Crippen molar-refractivity contribution in [3.63, 3.8) is 0 Å². The van der Waals surface area contributed by atoms with Gasteiger partial charge in [0.05, 0.1) is 0 Å². The summed E-state index contributed by atoms with van der Waals surface area (Å²) in [4.78, 5) is -1.85. The van der Waals surface area contributed by atoms with Crippen molar-refractivity contribution in [2.24, 2.45) is 0 Å². The van der Waals surface area contributed by atoms with Gasteiger partial charge in [-0.15, -0.1) is 0 Å². The molecule has 0 aliphatic rings. The quantitative estimate of drug-likeness (QED) is 0.448. The molecule has 128 valence electrons. The summed E-state index contributed by atoms with van der Waals surface area (Å²) < 4.78 is 68.3. The standard InChI is InChI=1S/C17H14F5NS/c18-24(19,20,21,22)17-13-23(11-14-7-3-1-4-8-14)12-16(17)15-9-5-2-6-10-15/h1-10,12-13H,11H2. The number of aromatic nitrogens is 1. The molecule has 0 saturated heterocycles. The van der Waals surface area contributed by atoms with Crippen LogP contribution in [0.4, 0.5) is 19.4 Å². The van der Waals surface area contributed by atoms with Gasteiger partial charge in [-0.25, -0.2) is 0 Å². The third kappa shape index (κ3) is 3.62. The molecule has 0 bridgehead atoms. The van der Waals surface area contributed by atoms with Crippen molar-refractivity contribution in [3.05, 3.63) is 78.6 Å². The van der Waals surface area contributed by atoms with E-state index in [1.807, 2.05) is 0 Å². The van der Waals surface area contributed by atoms with E-state index in [1.54, 1.807) is 36.4 Å². The van der Waals surface area contributed by atoms with Crippen LogP contribution in [0.25, 0.3) is 11.1 Å². The van der Waals surface area contributed by atoms with Gasteiger partial charge in [0.1, 0.15) is 4.90 Å². The molecule has 1 aromatic heterocycles. The molecular formula is C17H14F5NS. The summed E-state index contributed by atoms with van der Waals surface area (Å²) in [6.07, 6.45) is 1.62. The van der Waals surface area contributed by atoms with Crippen LogP contribution in [-0.2, 0) is 6.54 Å². The second-order valence-electron chi connectivity index (χ2n) is 5.53. The van der Waals surface area contributed by atoms with E-state index in [2.05, 4.69) is 0 Å². The number of hydrogen-bond acceptors (Lipinski definition) is 0. The second kappa shape index (κ2) is 4.86. The van der Waals surface area contributed by atoms with Gasteiger partial charge in [0.25, 0.3) is 0 Å². The molecule has 0 amide bonds. The van der Waals surface area contributed by atoms with E-state index in [1.165, 1.54) is 24.3 Å². The van der Waals surface area contributed by atoms with Gasteiger partial charge in [0.15, 0.2) is 0 Å². The van der Waals surface area contributed by atoms with Gasteiger partial charge in [0.2, 0.25) is 0 Å². The molecule has 0 saturated carbocycles. The number of nitrogens with zero attached hydrogens (tertiary/aromatic N) is 1. The van der Waals surface area contributed by atoms with Crippen LogP contribution in [0.15, 0.2) is 78.0 Å². The van der Waals surface area contributed by atoms with Gasteiger partial charge in [-0.3, -0.25) is 0 Å². The lowest BCUT2D eigenvalue weighted by molar-refractivity contribution is 0.364. The highest BCUT2D eigenvalue weighted by Gasteiger charge is 2.67. The minimum absolute atomic E-state index is 0.0779. The first-order valence-electron chi connectivity index (χ1n) is 7.06. The third-order valence-electron chi connectivity index (χ3n) is 3.55. The first-order valence-corrected chi connectivity index (χ1v) is 9.01. The Morgan fingerprint density at radius 1 is 0.708 bits per heavy atom. The molecule has 0 N–H and O–H groups in total. The molecule has 0 atom stereocenters. The zero-order chi connectivity index (χ0) is 17.5.